The average molecular weight is 288 g/mol. The van der Waals surface area contributed by atoms with Crippen LogP contribution in [0, 0.1) is 5.92 Å². The molecule has 0 bridgehead atoms. The molecule has 1 aromatic carbocycles. The molecule has 2 fully saturated rings. The third-order valence-corrected chi connectivity index (χ3v) is 5.13. The zero-order valence-corrected chi connectivity index (χ0v) is 13.2. The van der Waals surface area contributed by atoms with Gasteiger partial charge in [0.2, 0.25) is 0 Å². The van der Waals surface area contributed by atoms with E-state index in [2.05, 4.69) is 28.4 Å². The predicted octanol–water partition coefficient (Wildman–Crippen LogP) is 2.87. The summed E-state index contributed by atoms with van der Waals surface area (Å²) in [6.45, 7) is 6.25. The predicted molar refractivity (Wildman–Crippen MR) is 87.0 cm³/mol. The Labute approximate surface area is 128 Å². The van der Waals surface area contributed by atoms with Crippen molar-refractivity contribution in [1.29, 1.82) is 0 Å². The monoisotopic (exact) mass is 288 g/mol. The maximum atomic E-state index is 5.35. The topological polar surface area (TPSA) is 24.5 Å². The number of rotatable bonds is 4. The molecule has 2 aliphatic heterocycles. The minimum absolute atomic E-state index is 0.712. The largest absolute Gasteiger partial charge is 0.497 e. The van der Waals surface area contributed by atoms with Crippen LogP contribution in [-0.2, 0) is 0 Å². The summed E-state index contributed by atoms with van der Waals surface area (Å²) in [6.07, 6.45) is 5.29. The molecule has 2 saturated heterocycles. The molecule has 3 heteroatoms. The fraction of sp³-hybridized carbons (Fsp3) is 0.667. The van der Waals surface area contributed by atoms with E-state index in [1.54, 1.807) is 7.11 Å². The summed E-state index contributed by atoms with van der Waals surface area (Å²) in [6, 6.07) is 8.63. The van der Waals surface area contributed by atoms with Gasteiger partial charge in [0.25, 0.3) is 0 Å². The van der Waals surface area contributed by atoms with Crippen molar-refractivity contribution in [3.63, 3.8) is 0 Å². The van der Waals surface area contributed by atoms with Gasteiger partial charge in [-0.05, 0) is 81.4 Å². The van der Waals surface area contributed by atoms with E-state index in [1.807, 2.05) is 6.07 Å². The van der Waals surface area contributed by atoms with Crippen LogP contribution in [0.2, 0.25) is 0 Å². The minimum Gasteiger partial charge on any atom is -0.497 e. The van der Waals surface area contributed by atoms with Gasteiger partial charge in [-0.15, -0.1) is 0 Å². The lowest BCUT2D eigenvalue weighted by Gasteiger charge is -2.35. The van der Waals surface area contributed by atoms with E-state index < -0.39 is 0 Å². The van der Waals surface area contributed by atoms with Crippen molar-refractivity contribution in [3.8, 4) is 5.75 Å². The molecule has 0 unspecified atom stereocenters. The van der Waals surface area contributed by atoms with Crippen molar-refractivity contribution in [1.82, 2.24) is 10.2 Å². The molecular weight excluding hydrogens is 260 g/mol. The van der Waals surface area contributed by atoms with Crippen LogP contribution in [0.4, 0.5) is 0 Å². The van der Waals surface area contributed by atoms with Gasteiger partial charge >= 0.3 is 0 Å². The standard InChI is InChI=1S/C18H28N2O/c1-21-18-4-2-3-17(13-18)16-7-11-20(12-8-16)14-15-5-9-19-10-6-15/h2-4,13,15-16,19H,5-12,14H2,1H3. The van der Waals surface area contributed by atoms with Crippen LogP contribution in [-0.4, -0.2) is 44.7 Å². The SMILES string of the molecule is COc1cccc(C2CCN(CC3CCNCC3)CC2)c1. The second-order valence-electron chi connectivity index (χ2n) is 6.54. The lowest BCUT2D eigenvalue weighted by molar-refractivity contribution is 0.167. The van der Waals surface area contributed by atoms with Crippen molar-refractivity contribution in [2.75, 3.05) is 39.8 Å². The molecule has 21 heavy (non-hydrogen) atoms. The number of hydrogen-bond donors (Lipinski definition) is 1. The molecule has 1 aromatic rings. The summed E-state index contributed by atoms with van der Waals surface area (Å²) >= 11 is 0. The number of hydrogen-bond acceptors (Lipinski definition) is 3. The maximum absolute atomic E-state index is 5.35. The molecule has 3 nitrogen and oxygen atoms in total. The highest BCUT2D eigenvalue weighted by Gasteiger charge is 2.23. The van der Waals surface area contributed by atoms with E-state index >= 15 is 0 Å². The number of nitrogens with one attached hydrogen (secondary N) is 1. The van der Waals surface area contributed by atoms with Crippen LogP contribution in [0.5, 0.6) is 5.75 Å². The van der Waals surface area contributed by atoms with E-state index in [0.29, 0.717) is 5.92 Å². The van der Waals surface area contributed by atoms with Gasteiger partial charge in [-0.1, -0.05) is 12.1 Å². The minimum atomic E-state index is 0.712. The molecule has 0 saturated carbocycles. The number of likely N-dealkylation sites (tertiary alicyclic amines) is 1. The summed E-state index contributed by atoms with van der Waals surface area (Å²) in [4.78, 5) is 2.69. The van der Waals surface area contributed by atoms with Crippen molar-refractivity contribution in [2.24, 2.45) is 5.92 Å². The zero-order chi connectivity index (χ0) is 14.5. The van der Waals surface area contributed by atoms with Crippen molar-refractivity contribution in [3.05, 3.63) is 29.8 Å². The van der Waals surface area contributed by atoms with E-state index in [9.17, 15) is 0 Å². The summed E-state index contributed by atoms with van der Waals surface area (Å²) < 4.78 is 5.35. The molecule has 2 heterocycles. The van der Waals surface area contributed by atoms with Gasteiger partial charge < -0.3 is 15.0 Å². The first-order valence-electron chi connectivity index (χ1n) is 8.42. The Balaban J connectivity index is 1.50. The zero-order valence-electron chi connectivity index (χ0n) is 13.2. The molecule has 0 amide bonds. The Bertz CT molecular complexity index is 435. The van der Waals surface area contributed by atoms with Crippen LogP contribution < -0.4 is 10.1 Å². The number of ether oxygens (including phenoxy) is 1. The molecule has 0 spiro atoms. The van der Waals surface area contributed by atoms with E-state index in [1.165, 1.54) is 64.0 Å². The second-order valence-corrected chi connectivity index (χ2v) is 6.54. The highest BCUT2D eigenvalue weighted by Crippen LogP contribution is 2.30. The van der Waals surface area contributed by atoms with Crippen LogP contribution in [0.25, 0.3) is 0 Å². The quantitative estimate of drug-likeness (QED) is 0.922. The Kier molecular flexibility index (Phi) is 5.15. The van der Waals surface area contributed by atoms with Crippen LogP contribution in [0.15, 0.2) is 24.3 Å². The first kappa shape index (κ1) is 14.9. The molecule has 2 aliphatic rings. The molecule has 3 rings (SSSR count). The molecule has 0 aliphatic carbocycles. The third-order valence-electron chi connectivity index (χ3n) is 5.13. The van der Waals surface area contributed by atoms with Crippen molar-refractivity contribution >= 4 is 0 Å². The Hall–Kier alpha value is -1.06. The summed E-state index contributed by atoms with van der Waals surface area (Å²) in [5.41, 5.74) is 1.45. The molecule has 116 valence electrons. The number of piperidine rings is 2. The molecule has 0 aromatic heterocycles. The Morgan fingerprint density at radius 1 is 1.14 bits per heavy atom. The van der Waals surface area contributed by atoms with Crippen LogP contribution in [0.1, 0.15) is 37.2 Å². The molecular formula is C18H28N2O. The number of nitrogens with zero attached hydrogens (tertiary/aromatic N) is 1. The van der Waals surface area contributed by atoms with Crippen LogP contribution in [0.3, 0.4) is 0 Å². The van der Waals surface area contributed by atoms with Gasteiger partial charge in [-0.3, -0.25) is 0 Å². The van der Waals surface area contributed by atoms with E-state index in [-0.39, 0.29) is 0 Å². The van der Waals surface area contributed by atoms with Crippen molar-refractivity contribution < 1.29 is 4.74 Å². The highest BCUT2D eigenvalue weighted by atomic mass is 16.5. The Morgan fingerprint density at radius 3 is 2.62 bits per heavy atom. The van der Waals surface area contributed by atoms with Gasteiger partial charge in [0.15, 0.2) is 0 Å². The molecule has 0 radical (unpaired) electrons. The first-order valence-corrected chi connectivity index (χ1v) is 8.42. The molecule has 0 atom stereocenters. The van der Waals surface area contributed by atoms with Gasteiger partial charge in [0.1, 0.15) is 5.75 Å². The molecule has 1 N–H and O–H groups in total. The number of methoxy groups -OCH3 is 1. The fourth-order valence-electron chi connectivity index (χ4n) is 3.77. The Morgan fingerprint density at radius 2 is 1.90 bits per heavy atom. The normalized spacial score (nSPS) is 22.3. The lowest BCUT2D eigenvalue weighted by atomic mass is 9.88. The summed E-state index contributed by atoms with van der Waals surface area (Å²) in [5, 5.41) is 3.46. The average Bonchev–Trinajstić information content (AvgIpc) is 2.56. The highest BCUT2D eigenvalue weighted by molar-refractivity contribution is 5.31. The maximum Gasteiger partial charge on any atom is 0.119 e. The van der Waals surface area contributed by atoms with E-state index in [0.717, 1.165) is 11.7 Å². The third kappa shape index (κ3) is 3.98. The summed E-state index contributed by atoms with van der Waals surface area (Å²) in [5.74, 6) is 2.62. The van der Waals surface area contributed by atoms with Gasteiger partial charge in [0, 0.05) is 6.54 Å². The number of benzene rings is 1. The van der Waals surface area contributed by atoms with E-state index in [4.69, 9.17) is 4.74 Å². The van der Waals surface area contributed by atoms with Crippen LogP contribution >= 0.6 is 0 Å². The smallest absolute Gasteiger partial charge is 0.119 e. The first-order chi connectivity index (χ1) is 10.3. The van der Waals surface area contributed by atoms with Gasteiger partial charge in [0.05, 0.1) is 7.11 Å². The van der Waals surface area contributed by atoms with Crippen molar-refractivity contribution in [2.45, 2.75) is 31.6 Å². The fourth-order valence-corrected chi connectivity index (χ4v) is 3.77. The summed E-state index contributed by atoms with van der Waals surface area (Å²) in [7, 11) is 1.75. The lowest BCUT2D eigenvalue weighted by Crippen LogP contribution is -2.39. The second kappa shape index (κ2) is 7.28. The van der Waals surface area contributed by atoms with Gasteiger partial charge in [-0.25, -0.2) is 0 Å². The van der Waals surface area contributed by atoms with Gasteiger partial charge in [-0.2, -0.15) is 0 Å².